The van der Waals surface area contributed by atoms with Gasteiger partial charge in [0.1, 0.15) is 11.8 Å². The normalized spacial score (nSPS) is 12.8. The molecular formula is C13H17N7O. The molecule has 3 aromatic rings. The lowest BCUT2D eigenvalue weighted by Crippen LogP contribution is -2.34. The average Bonchev–Trinajstić information content (AvgIpc) is 3.13. The first-order chi connectivity index (χ1) is 10.3. The van der Waals surface area contributed by atoms with E-state index < -0.39 is 0 Å². The highest BCUT2D eigenvalue weighted by atomic mass is 16.3. The maximum absolute atomic E-state index is 9.46. The quantitative estimate of drug-likeness (QED) is 0.432. The molecule has 0 aliphatic rings. The Morgan fingerprint density at radius 3 is 3.00 bits per heavy atom. The number of fused-ring (bicyclic) bond motifs is 1. The van der Waals surface area contributed by atoms with Gasteiger partial charge in [0.05, 0.1) is 18.5 Å². The van der Waals surface area contributed by atoms with Crippen LogP contribution >= 0.6 is 0 Å². The van der Waals surface area contributed by atoms with E-state index in [0.29, 0.717) is 18.8 Å². The number of nitrogen functional groups attached to an aromatic ring is 1. The predicted molar refractivity (Wildman–Crippen MR) is 78.3 cm³/mol. The van der Waals surface area contributed by atoms with E-state index in [1.165, 1.54) is 6.33 Å². The van der Waals surface area contributed by atoms with Crippen molar-refractivity contribution in [3.05, 3.63) is 36.3 Å². The Hall–Kier alpha value is -2.45. The van der Waals surface area contributed by atoms with Crippen molar-refractivity contribution in [2.75, 3.05) is 12.3 Å². The zero-order chi connectivity index (χ0) is 14.7. The molecular weight excluding hydrogens is 270 g/mol. The Balaban J connectivity index is 1.69. The van der Waals surface area contributed by atoms with Crippen molar-refractivity contribution in [2.45, 2.75) is 19.0 Å². The first-order valence-electron chi connectivity index (χ1n) is 6.66. The van der Waals surface area contributed by atoms with Crippen molar-refractivity contribution in [1.82, 2.24) is 30.2 Å². The fraction of sp³-hybridized carbons (Fsp3) is 0.308. The van der Waals surface area contributed by atoms with E-state index >= 15 is 0 Å². The van der Waals surface area contributed by atoms with Crippen LogP contribution in [-0.2, 0) is 13.0 Å². The van der Waals surface area contributed by atoms with Crippen LogP contribution in [0.4, 0.5) is 5.82 Å². The van der Waals surface area contributed by atoms with Gasteiger partial charge in [0.2, 0.25) is 0 Å². The van der Waals surface area contributed by atoms with E-state index in [0.717, 1.165) is 22.3 Å². The maximum Gasteiger partial charge on any atom is 0.151 e. The van der Waals surface area contributed by atoms with Crippen LogP contribution < -0.4 is 11.1 Å². The van der Waals surface area contributed by atoms with Crippen LogP contribution in [0.15, 0.2) is 25.0 Å². The molecule has 0 saturated carbocycles. The molecule has 0 unspecified atom stereocenters. The molecule has 8 heteroatoms. The molecule has 0 aliphatic heterocycles. The first kappa shape index (κ1) is 13.5. The number of H-pyrrole nitrogens is 2. The van der Waals surface area contributed by atoms with Crippen molar-refractivity contribution >= 4 is 16.9 Å². The van der Waals surface area contributed by atoms with E-state index in [1.54, 1.807) is 12.5 Å². The fourth-order valence-electron chi connectivity index (χ4n) is 2.26. The molecule has 3 heterocycles. The van der Waals surface area contributed by atoms with Crippen molar-refractivity contribution < 1.29 is 5.11 Å². The standard InChI is InChI=1S/C13H17N7O/c14-13-12-11(19-7-20-13)8(3-17-12)2-16-10(5-21)1-9-4-15-6-18-9/h3-4,6-7,10,16-17,21H,1-2,5H2,(H,15,18)(H2,14,19,20)/t10-/m0/s1. The minimum atomic E-state index is -0.0606. The number of aromatic amines is 2. The lowest BCUT2D eigenvalue weighted by Gasteiger charge is -2.14. The van der Waals surface area contributed by atoms with Crippen molar-refractivity contribution in [3.63, 3.8) is 0 Å². The minimum Gasteiger partial charge on any atom is -0.395 e. The summed E-state index contributed by atoms with van der Waals surface area (Å²) in [6.45, 7) is 0.619. The summed E-state index contributed by atoms with van der Waals surface area (Å²) < 4.78 is 0. The minimum absolute atomic E-state index is 0.0402. The molecule has 0 bridgehead atoms. The lowest BCUT2D eigenvalue weighted by atomic mass is 10.1. The Kier molecular flexibility index (Phi) is 3.80. The molecule has 0 saturated heterocycles. The van der Waals surface area contributed by atoms with Gasteiger partial charge in [0.25, 0.3) is 0 Å². The van der Waals surface area contributed by atoms with Crippen LogP contribution in [0.3, 0.4) is 0 Å². The van der Waals surface area contributed by atoms with Crippen LogP contribution in [-0.4, -0.2) is 42.7 Å². The van der Waals surface area contributed by atoms with E-state index in [9.17, 15) is 5.11 Å². The van der Waals surface area contributed by atoms with Crippen molar-refractivity contribution in [3.8, 4) is 0 Å². The van der Waals surface area contributed by atoms with Crippen molar-refractivity contribution in [2.24, 2.45) is 0 Å². The summed E-state index contributed by atoms with van der Waals surface area (Å²) in [6.07, 6.45) is 7.36. The number of aromatic nitrogens is 5. The number of anilines is 1. The van der Waals surface area contributed by atoms with Gasteiger partial charge in [-0.2, -0.15) is 0 Å². The van der Waals surface area contributed by atoms with Crippen molar-refractivity contribution in [1.29, 1.82) is 0 Å². The molecule has 0 radical (unpaired) electrons. The van der Waals surface area contributed by atoms with Crippen LogP contribution in [0, 0.1) is 0 Å². The monoisotopic (exact) mass is 287 g/mol. The fourth-order valence-corrected chi connectivity index (χ4v) is 2.26. The topological polar surface area (TPSA) is 129 Å². The van der Waals surface area contributed by atoms with Gasteiger partial charge in [0.15, 0.2) is 5.82 Å². The highest BCUT2D eigenvalue weighted by molar-refractivity contribution is 5.86. The molecule has 3 rings (SSSR count). The van der Waals surface area contributed by atoms with Gasteiger partial charge in [-0.1, -0.05) is 0 Å². The summed E-state index contributed by atoms with van der Waals surface area (Å²) in [6, 6.07) is -0.0606. The number of nitrogens with one attached hydrogen (secondary N) is 3. The third-order valence-corrected chi connectivity index (χ3v) is 3.39. The number of aliphatic hydroxyl groups excluding tert-OH is 1. The van der Waals surface area contributed by atoms with E-state index in [2.05, 4.69) is 30.2 Å². The van der Waals surface area contributed by atoms with Gasteiger partial charge >= 0.3 is 0 Å². The number of hydrogen-bond donors (Lipinski definition) is 5. The molecule has 110 valence electrons. The second-order valence-corrected chi connectivity index (χ2v) is 4.84. The van der Waals surface area contributed by atoms with Gasteiger partial charge in [-0.3, -0.25) is 0 Å². The summed E-state index contributed by atoms with van der Waals surface area (Å²) in [5.74, 6) is 0.433. The number of rotatable bonds is 6. The maximum atomic E-state index is 9.46. The molecule has 21 heavy (non-hydrogen) atoms. The number of imidazole rings is 1. The van der Waals surface area contributed by atoms with Gasteiger partial charge in [-0.05, 0) is 0 Å². The predicted octanol–water partition coefficient (Wildman–Crippen LogP) is -0.0436. The summed E-state index contributed by atoms with van der Waals surface area (Å²) >= 11 is 0. The summed E-state index contributed by atoms with van der Waals surface area (Å²) in [7, 11) is 0. The molecule has 0 amide bonds. The molecule has 0 aromatic carbocycles. The van der Waals surface area contributed by atoms with E-state index in [1.807, 2.05) is 6.20 Å². The molecule has 0 spiro atoms. The number of hydrogen-bond acceptors (Lipinski definition) is 6. The lowest BCUT2D eigenvalue weighted by molar-refractivity contribution is 0.240. The third-order valence-electron chi connectivity index (χ3n) is 3.39. The van der Waals surface area contributed by atoms with Gasteiger partial charge < -0.3 is 26.1 Å². The Morgan fingerprint density at radius 2 is 2.24 bits per heavy atom. The Bertz CT molecular complexity index is 706. The highest BCUT2D eigenvalue weighted by Gasteiger charge is 2.12. The average molecular weight is 287 g/mol. The molecule has 8 nitrogen and oxygen atoms in total. The first-order valence-corrected chi connectivity index (χ1v) is 6.66. The Morgan fingerprint density at radius 1 is 1.33 bits per heavy atom. The molecule has 6 N–H and O–H groups in total. The largest absolute Gasteiger partial charge is 0.395 e. The third kappa shape index (κ3) is 2.86. The second-order valence-electron chi connectivity index (χ2n) is 4.84. The smallest absolute Gasteiger partial charge is 0.151 e. The van der Waals surface area contributed by atoms with Crippen LogP contribution in [0.25, 0.3) is 11.0 Å². The van der Waals surface area contributed by atoms with Gasteiger partial charge in [0, 0.05) is 42.7 Å². The second kappa shape index (κ2) is 5.90. The van der Waals surface area contributed by atoms with Gasteiger partial charge in [-0.25, -0.2) is 15.0 Å². The molecule has 1 atom stereocenters. The van der Waals surface area contributed by atoms with Crippen LogP contribution in [0.2, 0.25) is 0 Å². The van der Waals surface area contributed by atoms with Crippen LogP contribution in [0.5, 0.6) is 0 Å². The van der Waals surface area contributed by atoms with E-state index in [4.69, 9.17) is 5.73 Å². The highest BCUT2D eigenvalue weighted by Crippen LogP contribution is 2.18. The SMILES string of the molecule is Nc1ncnc2c(CN[C@H](CO)Cc3cnc[nH]3)c[nH]c12. The Labute approximate surface area is 120 Å². The van der Waals surface area contributed by atoms with Crippen LogP contribution in [0.1, 0.15) is 11.3 Å². The van der Waals surface area contributed by atoms with Gasteiger partial charge in [-0.15, -0.1) is 0 Å². The summed E-state index contributed by atoms with van der Waals surface area (Å²) in [5.41, 5.74) is 9.29. The zero-order valence-electron chi connectivity index (χ0n) is 11.4. The summed E-state index contributed by atoms with van der Waals surface area (Å²) in [4.78, 5) is 18.3. The molecule has 0 aliphatic carbocycles. The molecule has 3 aromatic heterocycles. The number of nitrogens with zero attached hydrogens (tertiary/aromatic N) is 3. The number of aliphatic hydroxyl groups is 1. The molecule has 0 fully saturated rings. The zero-order valence-corrected chi connectivity index (χ0v) is 11.4. The van der Waals surface area contributed by atoms with E-state index in [-0.39, 0.29) is 12.6 Å². The number of nitrogens with two attached hydrogens (primary N) is 1. The summed E-state index contributed by atoms with van der Waals surface area (Å²) in [5, 5.41) is 12.8.